The van der Waals surface area contributed by atoms with Crippen LogP contribution in [0.3, 0.4) is 0 Å². The van der Waals surface area contributed by atoms with Crippen LogP contribution in [-0.2, 0) is 6.18 Å². The molecule has 3 rings (SSSR count). The van der Waals surface area contributed by atoms with Gasteiger partial charge in [-0.1, -0.05) is 0 Å². The number of nitrogens with zero attached hydrogens (tertiary/aromatic N) is 2. The number of furan rings is 1. The van der Waals surface area contributed by atoms with E-state index in [9.17, 15) is 18.0 Å². The largest absolute Gasteiger partial charge is 0.453 e. The molecule has 1 aromatic carbocycles. The van der Waals surface area contributed by atoms with Crippen LogP contribution in [-0.4, -0.2) is 15.8 Å². The van der Waals surface area contributed by atoms with E-state index in [1.165, 1.54) is 30.7 Å². The molecule has 2 aromatic heterocycles. The molecule has 0 spiro atoms. The van der Waals surface area contributed by atoms with Crippen molar-refractivity contribution >= 4 is 6.29 Å². The Hall–Kier alpha value is -2.83. The molecule has 22 heavy (non-hydrogen) atoms. The van der Waals surface area contributed by atoms with Crippen LogP contribution >= 0.6 is 0 Å². The molecule has 0 unspecified atom stereocenters. The average Bonchev–Trinajstić information content (AvgIpc) is 3.17. The van der Waals surface area contributed by atoms with Gasteiger partial charge < -0.3 is 8.98 Å². The fourth-order valence-corrected chi connectivity index (χ4v) is 2.10. The highest BCUT2D eigenvalue weighted by atomic mass is 19.4. The summed E-state index contributed by atoms with van der Waals surface area (Å²) in [6, 6.07) is 6.17. The maximum absolute atomic E-state index is 12.9. The van der Waals surface area contributed by atoms with Crippen molar-refractivity contribution in [2.45, 2.75) is 6.18 Å². The van der Waals surface area contributed by atoms with E-state index < -0.39 is 11.7 Å². The van der Waals surface area contributed by atoms with Crippen LogP contribution in [0.5, 0.6) is 0 Å². The molecule has 7 heteroatoms. The van der Waals surface area contributed by atoms with E-state index in [0.717, 1.165) is 12.1 Å². The Kier molecular flexibility index (Phi) is 3.32. The van der Waals surface area contributed by atoms with Crippen LogP contribution in [0.2, 0.25) is 0 Å². The van der Waals surface area contributed by atoms with Gasteiger partial charge in [-0.05, 0) is 30.3 Å². The standard InChI is InChI=1S/C15H9F3N2O2/c16-15(17,18)10-1-3-13(20-6-5-19-9-20)12(7-10)14-4-2-11(8-21)22-14/h1-9H. The molecule has 2 heterocycles. The van der Waals surface area contributed by atoms with Gasteiger partial charge in [0, 0.05) is 18.0 Å². The number of carbonyl (C=O) groups excluding carboxylic acids is 1. The number of rotatable bonds is 3. The van der Waals surface area contributed by atoms with Gasteiger partial charge in [0.15, 0.2) is 12.0 Å². The molecule has 0 N–H and O–H groups in total. The number of aromatic nitrogens is 2. The van der Waals surface area contributed by atoms with Crippen molar-refractivity contribution in [3.8, 4) is 17.0 Å². The molecule has 3 aromatic rings. The predicted molar refractivity (Wildman–Crippen MR) is 71.7 cm³/mol. The Morgan fingerprint density at radius 1 is 1.18 bits per heavy atom. The molecule has 0 bridgehead atoms. The van der Waals surface area contributed by atoms with Crippen molar-refractivity contribution in [3.63, 3.8) is 0 Å². The number of halogens is 3. The summed E-state index contributed by atoms with van der Waals surface area (Å²) >= 11 is 0. The van der Waals surface area contributed by atoms with Crippen molar-refractivity contribution in [3.05, 3.63) is 60.4 Å². The number of carbonyl (C=O) groups is 1. The first-order valence-electron chi connectivity index (χ1n) is 6.24. The smallest absolute Gasteiger partial charge is 0.416 e. The third kappa shape index (κ3) is 2.52. The van der Waals surface area contributed by atoms with Gasteiger partial charge in [-0.15, -0.1) is 0 Å². The van der Waals surface area contributed by atoms with Crippen molar-refractivity contribution in [1.29, 1.82) is 0 Å². The first-order valence-corrected chi connectivity index (χ1v) is 6.24. The Balaban J connectivity index is 2.20. The summed E-state index contributed by atoms with van der Waals surface area (Å²) in [6.07, 6.45) is 0.613. The van der Waals surface area contributed by atoms with Crippen molar-refractivity contribution < 1.29 is 22.4 Å². The lowest BCUT2D eigenvalue weighted by Crippen LogP contribution is -2.06. The van der Waals surface area contributed by atoms with E-state index in [1.807, 2.05) is 0 Å². The third-order valence-corrected chi connectivity index (χ3v) is 3.11. The summed E-state index contributed by atoms with van der Waals surface area (Å²) in [7, 11) is 0. The van der Waals surface area contributed by atoms with Crippen molar-refractivity contribution in [2.24, 2.45) is 0 Å². The number of benzene rings is 1. The Labute approximate surface area is 122 Å². The van der Waals surface area contributed by atoms with Crippen molar-refractivity contribution in [2.75, 3.05) is 0 Å². The first kappa shape index (κ1) is 14.1. The summed E-state index contributed by atoms with van der Waals surface area (Å²) in [6.45, 7) is 0. The highest BCUT2D eigenvalue weighted by Crippen LogP contribution is 2.35. The molecule has 0 saturated heterocycles. The maximum atomic E-state index is 12.9. The minimum Gasteiger partial charge on any atom is -0.453 e. The Morgan fingerprint density at radius 2 is 2.00 bits per heavy atom. The van der Waals surface area contributed by atoms with Gasteiger partial charge in [-0.2, -0.15) is 13.2 Å². The third-order valence-electron chi connectivity index (χ3n) is 3.11. The van der Waals surface area contributed by atoms with E-state index in [4.69, 9.17) is 4.42 Å². The summed E-state index contributed by atoms with van der Waals surface area (Å²) in [5, 5.41) is 0. The van der Waals surface area contributed by atoms with Gasteiger partial charge in [0.1, 0.15) is 5.76 Å². The number of imidazole rings is 1. The van der Waals surface area contributed by atoms with Crippen LogP contribution < -0.4 is 0 Å². The second-order valence-electron chi connectivity index (χ2n) is 4.52. The maximum Gasteiger partial charge on any atom is 0.416 e. The zero-order valence-electron chi connectivity index (χ0n) is 11.0. The average molecular weight is 306 g/mol. The van der Waals surface area contributed by atoms with Crippen LogP contribution in [0.4, 0.5) is 13.2 Å². The van der Waals surface area contributed by atoms with E-state index in [2.05, 4.69) is 4.98 Å². The quantitative estimate of drug-likeness (QED) is 0.688. The first-order chi connectivity index (χ1) is 10.5. The number of hydrogen-bond acceptors (Lipinski definition) is 3. The zero-order chi connectivity index (χ0) is 15.7. The number of aldehydes is 1. The lowest BCUT2D eigenvalue weighted by Gasteiger charge is -2.12. The second-order valence-corrected chi connectivity index (χ2v) is 4.52. The summed E-state index contributed by atoms with van der Waals surface area (Å²) in [4.78, 5) is 14.6. The lowest BCUT2D eigenvalue weighted by atomic mass is 10.1. The van der Waals surface area contributed by atoms with Gasteiger partial charge >= 0.3 is 6.18 Å². The molecule has 0 aliphatic heterocycles. The van der Waals surface area contributed by atoms with Gasteiger partial charge in [-0.25, -0.2) is 4.98 Å². The van der Waals surface area contributed by atoms with Gasteiger partial charge in [0.05, 0.1) is 17.6 Å². The molecule has 0 saturated carbocycles. The van der Waals surface area contributed by atoms with E-state index in [0.29, 0.717) is 12.0 Å². The van der Waals surface area contributed by atoms with E-state index in [-0.39, 0.29) is 17.1 Å². The number of alkyl halides is 3. The molecular weight excluding hydrogens is 297 g/mol. The highest BCUT2D eigenvalue weighted by molar-refractivity contribution is 5.75. The minimum absolute atomic E-state index is 0.0454. The topological polar surface area (TPSA) is 48.0 Å². The molecule has 0 aliphatic rings. The van der Waals surface area contributed by atoms with Crippen molar-refractivity contribution in [1.82, 2.24) is 9.55 Å². The number of hydrogen-bond donors (Lipinski definition) is 0. The van der Waals surface area contributed by atoms with Crippen LogP contribution in [0.1, 0.15) is 16.1 Å². The minimum atomic E-state index is -4.47. The summed E-state index contributed by atoms with van der Waals surface area (Å²) < 4.78 is 45.6. The van der Waals surface area contributed by atoms with Gasteiger partial charge in [-0.3, -0.25) is 4.79 Å². The fraction of sp³-hybridized carbons (Fsp3) is 0.0667. The fourth-order valence-electron chi connectivity index (χ4n) is 2.10. The predicted octanol–water partition coefficient (Wildman–Crippen LogP) is 3.96. The molecule has 112 valence electrons. The molecular formula is C15H9F3N2O2. The van der Waals surface area contributed by atoms with Crippen LogP contribution in [0.15, 0.2) is 53.5 Å². The zero-order valence-corrected chi connectivity index (χ0v) is 11.0. The Bertz CT molecular complexity index is 805. The van der Waals surface area contributed by atoms with Gasteiger partial charge in [0.2, 0.25) is 0 Å². The molecule has 0 amide bonds. The molecule has 0 radical (unpaired) electrons. The lowest BCUT2D eigenvalue weighted by molar-refractivity contribution is -0.137. The monoisotopic (exact) mass is 306 g/mol. The molecule has 0 atom stereocenters. The molecule has 0 aliphatic carbocycles. The SMILES string of the molecule is O=Cc1ccc(-c2cc(C(F)(F)F)ccc2-n2ccnc2)o1. The Morgan fingerprint density at radius 3 is 2.59 bits per heavy atom. The van der Waals surface area contributed by atoms with Crippen LogP contribution in [0, 0.1) is 0 Å². The van der Waals surface area contributed by atoms with Crippen LogP contribution in [0.25, 0.3) is 17.0 Å². The van der Waals surface area contributed by atoms with E-state index >= 15 is 0 Å². The molecule has 0 fully saturated rings. The summed E-state index contributed by atoms with van der Waals surface area (Å²) in [5.74, 6) is 0.223. The second kappa shape index (κ2) is 5.18. The van der Waals surface area contributed by atoms with Gasteiger partial charge in [0.25, 0.3) is 0 Å². The summed E-state index contributed by atoms with van der Waals surface area (Å²) in [5.41, 5.74) is -0.103. The highest BCUT2D eigenvalue weighted by Gasteiger charge is 2.31. The normalized spacial score (nSPS) is 11.6. The van der Waals surface area contributed by atoms with E-state index in [1.54, 1.807) is 10.8 Å². The molecule has 4 nitrogen and oxygen atoms in total.